The van der Waals surface area contributed by atoms with Gasteiger partial charge in [-0.15, -0.1) is 0 Å². The Labute approximate surface area is 144 Å². The van der Waals surface area contributed by atoms with Gasteiger partial charge in [-0.25, -0.2) is 4.79 Å². The third kappa shape index (κ3) is 3.03. The standard InChI is InChI=1S/C16H19ClN4O3/c1-8(2)18-16(24)20-11-5-6-21-13(11)14(22)19-12-7-9(17)3-4-10(12)15(21)23/h3-4,7-8,11,13H,5-6H2,1-2H3,(H,19,22)(H2,18,20,24)/t11-,13-/m0/s1. The van der Waals surface area contributed by atoms with Gasteiger partial charge in [0.1, 0.15) is 6.04 Å². The Hall–Kier alpha value is -2.28. The Morgan fingerprint density at radius 2 is 2.12 bits per heavy atom. The van der Waals surface area contributed by atoms with E-state index < -0.39 is 12.1 Å². The van der Waals surface area contributed by atoms with Crippen molar-refractivity contribution in [2.75, 3.05) is 11.9 Å². The van der Waals surface area contributed by atoms with Crippen LogP contribution in [0.15, 0.2) is 18.2 Å². The van der Waals surface area contributed by atoms with Crippen LogP contribution in [0.2, 0.25) is 5.02 Å². The van der Waals surface area contributed by atoms with E-state index in [-0.39, 0.29) is 23.9 Å². The number of nitrogens with zero attached hydrogens (tertiary/aromatic N) is 1. The minimum absolute atomic E-state index is 0.0153. The van der Waals surface area contributed by atoms with Gasteiger partial charge in [0, 0.05) is 17.6 Å². The summed E-state index contributed by atoms with van der Waals surface area (Å²) in [5.41, 5.74) is 0.805. The molecule has 0 aliphatic carbocycles. The first-order chi connectivity index (χ1) is 11.4. The lowest BCUT2D eigenvalue weighted by Crippen LogP contribution is -2.54. The van der Waals surface area contributed by atoms with Crippen LogP contribution < -0.4 is 16.0 Å². The van der Waals surface area contributed by atoms with E-state index in [0.29, 0.717) is 29.2 Å². The summed E-state index contributed by atoms with van der Waals surface area (Å²) >= 11 is 5.95. The lowest BCUT2D eigenvalue weighted by atomic mass is 10.1. The normalized spacial score (nSPS) is 22.6. The SMILES string of the molecule is CC(C)NC(=O)N[C@H]1CCN2C(=O)c3ccc(Cl)cc3NC(=O)[C@H]12. The molecule has 4 amide bonds. The molecule has 0 aromatic heterocycles. The van der Waals surface area contributed by atoms with Crippen LogP contribution in [-0.4, -0.2) is 47.4 Å². The average molecular weight is 351 g/mol. The second kappa shape index (κ2) is 6.32. The summed E-state index contributed by atoms with van der Waals surface area (Å²) in [6, 6.07) is 3.25. The number of fused-ring (bicyclic) bond motifs is 2. The third-order valence-electron chi connectivity index (χ3n) is 4.13. The van der Waals surface area contributed by atoms with Gasteiger partial charge in [-0.3, -0.25) is 9.59 Å². The number of benzene rings is 1. The molecule has 1 aromatic carbocycles. The maximum absolute atomic E-state index is 12.7. The number of nitrogens with one attached hydrogen (secondary N) is 3. The molecule has 0 spiro atoms. The molecule has 128 valence electrons. The topological polar surface area (TPSA) is 90.5 Å². The molecule has 2 aliphatic rings. The zero-order valence-corrected chi connectivity index (χ0v) is 14.2. The number of halogens is 1. The molecule has 3 rings (SSSR count). The lowest BCUT2D eigenvalue weighted by molar-refractivity contribution is -0.120. The zero-order chi connectivity index (χ0) is 17.4. The quantitative estimate of drug-likeness (QED) is 0.756. The summed E-state index contributed by atoms with van der Waals surface area (Å²) in [7, 11) is 0. The zero-order valence-electron chi connectivity index (χ0n) is 13.4. The fraction of sp³-hybridized carbons (Fsp3) is 0.438. The van der Waals surface area contributed by atoms with Crippen LogP contribution in [0.4, 0.5) is 10.5 Å². The van der Waals surface area contributed by atoms with E-state index in [1.54, 1.807) is 18.2 Å². The van der Waals surface area contributed by atoms with Crippen molar-refractivity contribution in [3.05, 3.63) is 28.8 Å². The smallest absolute Gasteiger partial charge is 0.315 e. The Morgan fingerprint density at radius 1 is 1.38 bits per heavy atom. The molecule has 1 fully saturated rings. The monoisotopic (exact) mass is 350 g/mol. The molecule has 3 N–H and O–H groups in total. The summed E-state index contributed by atoms with van der Waals surface area (Å²) in [6.07, 6.45) is 0.526. The number of carbonyl (C=O) groups excluding carboxylic acids is 3. The minimum Gasteiger partial charge on any atom is -0.336 e. The molecule has 2 atom stereocenters. The predicted octanol–water partition coefficient (Wildman–Crippen LogP) is 1.58. The Morgan fingerprint density at radius 3 is 2.83 bits per heavy atom. The van der Waals surface area contributed by atoms with Crippen molar-refractivity contribution in [1.82, 2.24) is 15.5 Å². The number of hydrogen-bond donors (Lipinski definition) is 3. The summed E-state index contributed by atoms with van der Waals surface area (Å²) < 4.78 is 0. The van der Waals surface area contributed by atoms with E-state index in [1.807, 2.05) is 13.8 Å². The number of hydrogen-bond acceptors (Lipinski definition) is 3. The molecule has 24 heavy (non-hydrogen) atoms. The van der Waals surface area contributed by atoms with Crippen LogP contribution in [0.1, 0.15) is 30.6 Å². The van der Waals surface area contributed by atoms with Crippen LogP contribution in [0.25, 0.3) is 0 Å². The molecule has 0 bridgehead atoms. The van der Waals surface area contributed by atoms with Crippen molar-refractivity contribution in [1.29, 1.82) is 0 Å². The van der Waals surface area contributed by atoms with Crippen molar-refractivity contribution in [2.45, 2.75) is 38.4 Å². The van der Waals surface area contributed by atoms with Gasteiger partial charge in [-0.1, -0.05) is 11.6 Å². The molecule has 0 radical (unpaired) electrons. The van der Waals surface area contributed by atoms with Gasteiger partial charge >= 0.3 is 6.03 Å². The first-order valence-corrected chi connectivity index (χ1v) is 8.23. The summed E-state index contributed by atoms with van der Waals surface area (Å²) in [4.78, 5) is 38.8. The predicted molar refractivity (Wildman–Crippen MR) is 90.1 cm³/mol. The van der Waals surface area contributed by atoms with Gasteiger partial charge in [-0.05, 0) is 38.5 Å². The van der Waals surface area contributed by atoms with E-state index in [9.17, 15) is 14.4 Å². The van der Waals surface area contributed by atoms with E-state index in [4.69, 9.17) is 11.6 Å². The molecule has 1 aromatic rings. The molecular weight excluding hydrogens is 332 g/mol. The maximum Gasteiger partial charge on any atom is 0.315 e. The number of anilines is 1. The van der Waals surface area contributed by atoms with Crippen molar-refractivity contribution in [3.8, 4) is 0 Å². The fourth-order valence-electron chi connectivity index (χ4n) is 3.14. The number of rotatable bonds is 2. The largest absolute Gasteiger partial charge is 0.336 e. The molecule has 0 saturated carbocycles. The second-order valence-corrected chi connectivity index (χ2v) is 6.73. The number of urea groups is 1. The van der Waals surface area contributed by atoms with Crippen LogP contribution in [0.3, 0.4) is 0 Å². The molecular formula is C16H19ClN4O3. The molecule has 7 nitrogen and oxygen atoms in total. The van der Waals surface area contributed by atoms with Crippen molar-refractivity contribution in [3.63, 3.8) is 0 Å². The highest BCUT2D eigenvalue weighted by atomic mass is 35.5. The van der Waals surface area contributed by atoms with Crippen LogP contribution in [0, 0.1) is 0 Å². The Balaban J connectivity index is 1.85. The van der Waals surface area contributed by atoms with Gasteiger partial charge in [0.2, 0.25) is 5.91 Å². The summed E-state index contributed by atoms with van der Waals surface area (Å²) in [5.74, 6) is -0.560. The summed E-state index contributed by atoms with van der Waals surface area (Å²) in [6.45, 7) is 4.11. The second-order valence-electron chi connectivity index (χ2n) is 6.29. The number of carbonyl (C=O) groups is 3. The van der Waals surface area contributed by atoms with Crippen LogP contribution >= 0.6 is 11.6 Å². The van der Waals surface area contributed by atoms with E-state index in [1.165, 1.54) is 4.90 Å². The van der Waals surface area contributed by atoms with Crippen LogP contribution in [-0.2, 0) is 4.79 Å². The highest BCUT2D eigenvalue weighted by Crippen LogP contribution is 2.30. The molecule has 8 heteroatoms. The van der Waals surface area contributed by atoms with Gasteiger partial charge in [0.05, 0.1) is 17.3 Å². The van der Waals surface area contributed by atoms with Gasteiger partial charge < -0.3 is 20.9 Å². The van der Waals surface area contributed by atoms with Gasteiger partial charge in [0.15, 0.2) is 0 Å². The molecule has 2 heterocycles. The van der Waals surface area contributed by atoms with E-state index >= 15 is 0 Å². The molecule has 0 unspecified atom stereocenters. The molecule has 2 aliphatic heterocycles. The van der Waals surface area contributed by atoms with Gasteiger partial charge in [-0.2, -0.15) is 0 Å². The number of amides is 4. The first-order valence-electron chi connectivity index (χ1n) is 7.85. The first kappa shape index (κ1) is 16.6. The molecule has 1 saturated heterocycles. The average Bonchev–Trinajstić information content (AvgIpc) is 2.85. The Kier molecular flexibility index (Phi) is 4.36. The highest BCUT2D eigenvalue weighted by Gasteiger charge is 2.45. The Bertz CT molecular complexity index is 707. The van der Waals surface area contributed by atoms with Crippen molar-refractivity contribution < 1.29 is 14.4 Å². The highest BCUT2D eigenvalue weighted by molar-refractivity contribution is 6.31. The van der Waals surface area contributed by atoms with Crippen molar-refractivity contribution >= 4 is 35.1 Å². The van der Waals surface area contributed by atoms with E-state index in [2.05, 4.69) is 16.0 Å². The minimum atomic E-state index is -0.735. The van der Waals surface area contributed by atoms with E-state index in [0.717, 1.165) is 0 Å². The third-order valence-corrected chi connectivity index (χ3v) is 4.37. The maximum atomic E-state index is 12.7. The summed E-state index contributed by atoms with van der Waals surface area (Å²) in [5, 5.41) is 8.72. The lowest BCUT2D eigenvalue weighted by Gasteiger charge is -2.25. The van der Waals surface area contributed by atoms with Gasteiger partial charge in [0.25, 0.3) is 5.91 Å². The van der Waals surface area contributed by atoms with Crippen LogP contribution in [0.5, 0.6) is 0 Å². The fourth-order valence-corrected chi connectivity index (χ4v) is 3.31. The van der Waals surface area contributed by atoms with Crippen molar-refractivity contribution in [2.24, 2.45) is 0 Å².